The zero-order chi connectivity index (χ0) is 12.3. The van der Waals surface area contributed by atoms with E-state index in [1.165, 1.54) is 11.8 Å². The third kappa shape index (κ3) is 2.90. The fraction of sp³-hybridized carbons (Fsp3) is 0. The molecule has 17 heavy (non-hydrogen) atoms. The van der Waals surface area contributed by atoms with Gasteiger partial charge in [0.15, 0.2) is 5.69 Å². The van der Waals surface area contributed by atoms with Gasteiger partial charge in [-0.3, -0.25) is 0 Å². The molecule has 2 aromatic rings. The second-order valence-electron chi connectivity index (χ2n) is 3.26. The molecule has 1 aromatic carbocycles. The Morgan fingerprint density at radius 3 is 2.53 bits per heavy atom. The normalized spacial score (nSPS) is 9.88. The van der Waals surface area contributed by atoms with E-state index >= 15 is 0 Å². The van der Waals surface area contributed by atoms with Crippen molar-refractivity contribution in [2.45, 2.75) is 9.92 Å². The van der Waals surface area contributed by atoms with E-state index < -0.39 is 0 Å². The van der Waals surface area contributed by atoms with Crippen LogP contribution in [0.25, 0.3) is 0 Å². The maximum atomic E-state index is 8.83. The molecule has 0 aliphatic heterocycles. The molecule has 1 heterocycles. The number of halogens is 1. The number of nitrogen functional groups attached to an aromatic ring is 1. The Labute approximate surface area is 108 Å². The lowest BCUT2D eigenvalue weighted by Gasteiger charge is -2.02. The predicted octanol–water partition coefficient (Wildman–Crippen LogP) is 3.34. The fourth-order valence-corrected chi connectivity index (χ4v) is 2.13. The first kappa shape index (κ1) is 11.8. The Bertz CT molecular complexity index is 575. The van der Waals surface area contributed by atoms with Crippen LogP contribution in [0, 0.1) is 11.3 Å². The van der Waals surface area contributed by atoms with Gasteiger partial charge >= 0.3 is 0 Å². The van der Waals surface area contributed by atoms with Crippen molar-refractivity contribution < 1.29 is 0 Å². The minimum atomic E-state index is 0.254. The van der Waals surface area contributed by atoms with Gasteiger partial charge in [-0.25, -0.2) is 4.98 Å². The molecule has 0 aliphatic rings. The molecule has 0 atom stereocenters. The van der Waals surface area contributed by atoms with Crippen LogP contribution < -0.4 is 5.73 Å². The zero-order valence-electron chi connectivity index (χ0n) is 8.72. The topological polar surface area (TPSA) is 62.7 Å². The molecule has 1 aromatic heterocycles. The van der Waals surface area contributed by atoms with E-state index in [1.54, 1.807) is 12.1 Å². The molecule has 0 amide bonds. The Hall–Kier alpha value is -1.70. The SMILES string of the molecule is N#Cc1nc(Sc2ccc(Cl)cc2)ccc1N. The third-order valence-electron chi connectivity index (χ3n) is 2.04. The fourth-order valence-electron chi connectivity index (χ4n) is 1.22. The van der Waals surface area contributed by atoms with Crippen molar-refractivity contribution in [3.05, 3.63) is 47.1 Å². The van der Waals surface area contributed by atoms with Crippen LogP contribution in [-0.4, -0.2) is 4.98 Å². The maximum Gasteiger partial charge on any atom is 0.164 e. The highest BCUT2D eigenvalue weighted by molar-refractivity contribution is 7.99. The number of anilines is 1. The summed E-state index contributed by atoms with van der Waals surface area (Å²) in [5, 5.41) is 10.3. The number of rotatable bonds is 2. The lowest BCUT2D eigenvalue weighted by atomic mass is 10.3. The summed E-state index contributed by atoms with van der Waals surface area (Å²) < 4.78 is 0. The van der Waals surface area contributed by atoms with E-state index in [2.05, 4.69) is 4.98 Å². The molecule has 0 unspecified atom stereocenters. The van der Waals surface area contributed by atoms with Crippen molar-refractivity contribution in [3.63, 3.8) is 0 Å². The number of nitrogens with zero attached hydrogens (tertiary/aromatic N) is 2. The van der Waals surface area contributed by atoms with Gasteiger partial charge < -0.3 is 5.73 Å². The van der Waals surface area contributed by atoms with Gasteiger partial charge in [0.1, 0.15) is 11.1 Å². The quantitative estimate of drug-likeness (QED) is 0.901. The minimum Gasteiger partial charge on any atom is -0.396 e. The molecule has 0 saturated carbocycles. The predicted molar refractivity (Wildman–Crippen MR) is 68.9 cm³/mol. The first-order valence-corrected chi connectivity index (χ1v) is 5.98. The van der Waals surface area contributed by atoms with Crippen molar-refractivity contribution >= 4 is 29.1 Å². The molecule has 2 rings (SSSR count). The lowest BCUT2D eigenvalue weighted by Crippen LogP contribution is -1.94. The molecule has 0 fully saturated rings. The van der Waals surface area contributed by atoms with Gasteiger partial charge in [0.25, 0.3) is 0 Å². The van der Waals surface area contributed by atoms with Crippen LogP contribution in [0.1, 0.15) is 5.69 Å². The minimum absolute atomic E-state index is 0.254. The highest BCUT2D eigenvalue weighted by Crippen LogP contribution is 2.28. The van der Waals surface area contributed by atoms with Gasteiger partial charge in [-0.05, 0) is 36.4 Å². The van der Waals surface area contributed by atoms with E-state index in [-0.39, 0.29) is 5.69 Å². The third-order valence-corrected chi connectivity index (χ3v) is 3.24. The average molecular weight is 262 g/mol. The standard InChI is InChI=1S/C12H8ClN3S/c13-8-1-3-9(4-2-8)17-12-6-5-10(15)11(7-14)16-12/h1-6H,15H2. The smallest absolute Gasteiger partial charge is 0.164 e. The molecule has 5 heteroatoms. The highest BCUT2D eigenvalue weighted by Gasteiger charge is 2.03. The summed E-state index contributed by atoms with van der Waals surface area (Å²) in [6.07, 6.45) is 0. The number of hydrogen-bond donors (Lipinski definition) is 1. The van der Waals surface area contributed by atoms with Crippen molar-refractivity contribution in [3.8, 4) is 6.07 Å². The maximum absolute atomic E-state index is 8.83. The van der Waals surface area contributed by atoms with Crippen LogP contribution in [0.3, 0.4) is 0 Å². The molecular weight excluding hydrogens is 254 g/mol. The van der Waals surface area contributed by atoms with E-state index in [1.807, 2.05) is 30.3 Å². The summed E-state index contributed by atoms with van der Waals surface area (Å²) in [6, 6.07) is 12.9. The highest BCUT2D eigenvalue weighted by atomic mass is 35.5. The van der Waals surface area contributed by atoms with Crippen LogP contribution in [0.15, 0.2) is 46.3 Å². The molecule has 0 spiro atoms. The summed E-state index contributed by atoms with van der Waals surface area (Å²) in [7, 11) is 0. The second kappa shape index (κ2) is 5.09. The molecular formula is C12H8ClN3S. The van der Waals surface area contributed by atoms with Gasteiger partial charge in [-0.1, -0.05) is 23.4 Å². The van der Waals surface area contributed by atoms with E-state index in [9.17, 15) is 0 Å². The number of nitrogens with two attached hydrogens (primary N) is 1. The monoisotopic (exact) mass is 261 g/mol. The number of pyridine rings is 1. The van der Waals surface area contributed by atoms with Crippen molar-refractivity contribution in [2.75, 3.05) is 5.73 Å². The first-order valence-electron chi connectivity index (χ1n) is 4.79. The molecule has 84 valence electrons. The van der Waals surface area contributed by atoms with Crippen LogP contribution in [0.4, 0.5) is 5.69 Å². The number of aromatic nitrogens is 1. The second-order valence-corrected chi connectivity index (χ2v) is 4.79. The van der Waals surface area contributed by atoms with Crippen LogP contribution in [-0.2, 0) is 0 Å². The Balaban J connectivity index is 2.25. The summed E-state index contributed by atoms with van der Waals surface area (Å²) in [6.45, 7) is 0. The van der Waals surface area contributed by atoms with Crippen molar-refractivity contribution in [2.24, 2.45) is 0 Å². The van der Waals surface area contributed by atoms with E-state index in [0.717, 1.165) is 9.92 Å². The average Bonchev–Trinajstić information content (AvgIpc) is 2.34. The van der Waals surface area contributed by atoms with Gasteiger partial charge in [-0.15, -0.1) is 0 Å². The summed E-state index contributed by atoms with van der Waals surface area (Å²) in [5.41, 5.74) is 6.25. The van der Waals surface area contributed by atoms with Gasteiger partial charge in [0, 0.05) is 9.92 Å². The lowest BCUT2D eigenvalue weighted by molar-refractivity contribution is 1.11. The van der Waals surface area contributed by atoms with Gasteiger partial charge in [0.2, 0.25) is 0 Å². The van der Waals surface area contributed by atoms with Crippen molar-refractivity contribution in [1.29, 1.82) is 5.26 Å². The molecule has 3 nitrogen and oxygen atoms in total. The Kier molecular flexibility index (Phi) is 3.52. The zero-order valence-corrected chi connectivity index (χ0v) is 10.3. The van der Waals surface area contributed by atoms with Crippen LogP contribution >= 0.6 is 23.4 Å². The Morgan fingerprint density at radius 1 is 1.18 bits per heavy atom. The molecule has 0 bridgehead atoms. The first-order chi connectivity index (χ1) is 8.19. The summed E-state index contributed by atoms with van der Waals surface area (Å²) in [4.78, 5) is 5.16. The van der Waals surface area contributed by atoms with Crippen LogP contribution in [0.5, 0.6) is 0 Å². The molecule has 0 aliphatic carbocycles. The van der Waals surface area contributed by atoms with E-state index in [0.29, 0.717) is 10.7 Å². The Morgan fingerprint density at radius 2 is 1.88 bits per heavy atom. The summed E-state index contributed by atoms with van der Waals surface area (Å²) >= 11 is 7.26. The molecule has 0 radical (unpaired) electrons. The number of nitriles is 1. The molecule has 2 N–H and O–H groups in total. The van der Waals surface area contributed by atoms with E-state index in [4.69, 9.17) is 22.6 Å². The van der Waals surface area contributed by atoms with Gasteiger partial charge in [-0.2, -0.15) is 5.26 Å². The number of hydrogen-bond acceptors (Lipinski definition) is 4. The summed E-state index contributed by atoms with van der Waals surface area (Å²) in [5.74, 6) is 0. The van der Waals surface area contributed by atoms with Gasteiger partial charge in [0.05, 0.1) is 5.69 Å². The number of benzene rings is 1. The van der Waals surface area contributed by atoms with Crippen molar-refractivity contribution in [1.82, 2.24) is 4.98 Å². The van der Waals surface area contributed by atoms with Crippen LogP contribution in [0.2, 0.25) is 5.02 Å². The molecule has 0 saturated heterocycles. The largest absolute Gasteiger partial charge is 0.396 e.